The fourth-order valence-electron chi connectivity index (χ4n) is 1.47. The molecule has 0 aliphatic carbocycles. The molecule has 94 valence electrons. The second-order valence-corrected chi connectivity index (χ2v) is 6.67. The van der Waals surface area contributed by atoms with Crippen LogP contribution in [0.2, 0.25) is 0 Å². The Morgan fingerprint density at radius 1 is 1.18 bits per heavy atom. The van der Waals surface area contributed by atoms with E-state index in [1.807, 2.05) is 20.8 Å². The molecule has 1 aromatic heterocycles. The van der Waals surface area contributed by atoms with Crippen molar-refractivity contribution in [3.05, 3.63) is 23.8 Å². The minimum atomic E-state index is -0.395. The summed E-state index contributed by atoms with van der Waals surface area (Å²) in [6.07, 6.45) is 2.45. The summed E-state index contributed by atoms with van der Waals surface area (Å²) in [4.78, 5) is 20.7. The van der Waals surface area contributed by atoms with Crippen LogP contribution in [0, 0.1) is 10.8 Å². The normalized spacial score (nSPS) is 12.6. The van der Waals surface area contributed by atoms with E-state index in [2.05, 4.69) is 30.7 Å². The smallest absolute Gasteiger partial charge is 0.186 e. The Bertz CT molecular complexity index is 411. The lowest BCUT2D eigenvalue weighted by Gasteiger charge is -2.18. The van der Waals surface area contributed by atoms with Crippen molar-refractivity contribution in [1.82, 2.24) is 9.97 Å². The first-order valence-electron chi connectivity index (χ1n) is 5.96. The highest BCUT2D eigenvalue weighted by Gasteiger charge is 2.24. The van der Waals surface area contributed by atoms with E-state index >= 15 is 0 Å². The zero-order chi connectivity index (χ0) is 13.3. The summed E-state index contributed by atoms with van der Waals surface area (Å²) in [7, 11) is 0. The fraction of sp³-hybridized carbons (Fsp3) is 0.643. The number of aromatic nitrogens is 2. The molecule has 0 unspecified atom stereocenters. The van der Waals surface area contributed by atoms with Crippen molar-refractivity contribution in [3.63, 3.8) is 0 Å². The minimum absolute atomic E-state index is 0.0649. The molecule has 3 heteroatoms. The van der Waals surface area contributed by atoms with Gasteiger partial charge in [0, 0.05) is 18.0 Å². The number of hydrogen-bond acceptors (Lipinski definition) is 3. The van der Waals surface area contributed by atoms with Crippen LogP contribution in [0.25, 0.3) is 0 Å². The second-order valence-electron chi connectivity index (χ2n) is 6.67. The molecule has 0 aliphatic heterocycles. The van der Waals surface area contributed by atoms with Gasteiger partial charge < -0.3 is 0 Å². The van der Waals surface area contributed by atoms with Crippen molar-refractivity contribution in [2.24, 2.45) is 10.8 Å². The average molecular weight is 234 g/mol. The van der Waals surface area contributed by atoms with Crippen LogP contribution in [0.4, 0.5) is 0 Å². The van der Waals surface area contributed by atoms with E-state index in [1.165, 1.54) is 0 Å². The molecule has 0 amide bonds. The summed E-state index contributed by atoms with van der Waals surface area (Å²) < 4.78 is 0. The number of carbonyl (C=O) groups excluding carboxylic acids is 1. The minimum Gasteiger partial charge on any atom is -0.292 e. The number of carbonyl (C=O) groups is 1. The number of rotatable bonds is 2. The van der Waals surface area contributed by atoms with Crippen LogP contribution >= 0.6 is 0 Å². The maximum absolute atomic E-state index is 12.1. The molecule has 0 aliphatic rings. The van der Waals surface area contributed by atoms with Gasteiger partial charge >= 0.3 is 0 Å². The Morgan fingerprint density at radius 3 is 2.24 bits per heavy atom. The lowest BCUT2D eigenvalue weighted by molar-refractivity contribution is 0.0852. The summed E-state index contributed by atoms with van der Waals surface area (Å²) in [5, 5.41) is 0. The van der Waals surface area contributed by atoms with Crippen LogP contribution in [0.1, 0.15) is 57.9 Å². The van der Waals surface area contributed by atoms with Crippen molar-refractivity contribution in [2.75, 3.05) is 0 Å². The van der Waals surface area contributed by atoms with Crippen molar-refractivity contribution in [2.45, 2.75) is 48.0 Å². The van der Waals surface area contributed by atoms with Gasteiger partial charge in [-0.05, 0) is 11.5 Å². The molecule has 0 aromatic carbocycles. The van der Waals surface area contributed by atoms with Crippen molar-refractivity contribution < 1.29 is 4.79 Å². The van der Waals surface area contributed by atoms with Crippen molar-refractivity contribution in [1.29, 1.82) is 0 Å². The molecular weight excluding hydrogens is 212 g/mol. The second kappa shape index (κ2) is 4.55. The van der Waals surface area contributed by atoms with Gasteiger partial charge in [0.2, 0.25) is 0 Å². The predicted octanol–water partition coefficient (Wildman–Crippen LogP) is 3.29. The van der Waals surface area contributed by atoms with E-state index in [0.717, 1.165) is 12.2 Å². The van der Waals surface area contributed by atoms with Gasteiger partial charge in [-0.1, -0.05) is 41.5 Å². The third-order valence-corrected chi connectivity index (χ3v) is 2.31. The largest absolute Gasteiger partial charge is 0.292 e. The third-order valence-electron chi connectivity index (χ3n) is 2.31. The number of ketones is 1. The van der Waals surface area contributed by atoms with Gasteiger partial charge in [0.25, 0.3) is 0 Å². The van der Waals surface area contributed by atoms with Crippen molar-refractivity contribution in [3.8, 4) is 0 Å². The summed E-state index contributed by atoms with van der Waals surface area (Å²) in [6.45, 7) is 12.1. The SMILES string of the molecule is CC(C)(C)Cc1nccc(C(=O)C(C)(C)C)n1. The van der Waals surface area contributed by atoms with Gasteiger partial charge in [-0.25, -0.2) is 9.97 Å². The van der Waals surface area contributed by atoms with E-state index < -0.39 is 5.41 Å². The van der Waals surface area contributed by atoms with E-state index in [-0.39, 0.29) is 11.2 Å². The number of nitrogens with zero attached hydrogens (tertiary/aromatic N) is 2. The molecule has 0 saturated carbocycles. The van der Waals surface area contributed by atoms with Crippen LogP contribution in [0.15, 0.2) is 12.3 Å². The highest BCUT2D eigenvalue weighted by atomic mass is 16.1. The van der Waals surface area contributed by atoms with Gasteiger partial charge in [0.05, 0.1) is 0 Å². The van der Waals surface area contributed by atoms with Gasteiger partial charge in [0.1, 0.15) is 11.5 Å². The first-order chi connectivity index (χ1) is 7.59. The summed E-state index contributed by atoms with van der Waals surface area (Å²) in [5.74, 6) is 0.808. The Morgan fingerprint density at radius 2 is 1.76 bits per heavy atom. The predicted molar refractivity (Wildman–Crippen MR) is 69.0 cm³/mol. The summed E-state index contributed by atoms with van der Waals surface area (Å²) in [5.41, 5.74) is 0.253. The lowest BCUT2D eigenvalue weighted by Crippen LogP contribution is -2.22. The molecule has 1 aromatic rings. The van der Waals surface area contributed by atoms with E-state index in [1.54, 1.807) is 12.3 Å². The Hall–Kier alpha value is -1.25. The summed E-state index contributed by atoms with van der Waals surface area (Å²) in [6, 6.07) is 1.69. The molecular formula is C14H22N2O. The Balaban J connectivity index is 2.98. The standard InChI is InChI=1S/C14H22N2O/c1-13(2,3)9-11-15-8-7-10(16-11)12(17)14(4,5)6/h7-8H,9H2,1-6H3. The van der Waals surface area contributed by atoms with Gasteiger partial charge in [-0.15, -0.1) is 0 Å². The zero-order valence-electron chi connectivity index (χ0n) is 11.7. The third kappa shape index (κ3) is 4.25. The molecule has 0 atom stereocenters. The zero-order valence-corrected chi connectivity index (χ0v) is 11.7. The van der Waals surface area contributed by atoms with E-state index in [4.69, 9.17) is 0 Å². The van der Waals surface area contributed by atoms with Crippen LogP contribution in [0.5, 0.6) is 0 Å². The van der Waals surface area contributed by atoms with Crippen molar-refractivity contribution >= 4 is 5.78 Å². The van der Waals surface area contributed by atoms with Crippen LogP contribution in [0.3, 0.4) is 0 Å². The highest BCUT2D eigenvalue weighted by Crippen LogP contribution is 2.21. The van der Waals surface area contributed by atoms with Gasteiger partial charge in [0.15, 0.2) is 5.78 Å². The molecule has 0 bridgehead atoms. The molecule has 3 nitrogen and oxygen atoms in total. The maximum atomic E-state index is 12.1. The maximum Gasteiger partial charge on any atom is 0.186 e. The molecule has 17 heavy (non-hydrogen) atoms. The van der Waals surface area contributed by atoms with Crippen LogP contribution < -0.4 is 0 Å². The van der Waals surface area contributed by atoms with Gasteiger partial charge in [-0.3, -0.25) is 4.79 Å². The molecule has 1 rings (SSSR count). The highest BCUT2D eigenvalue weighted by molar-refractivity contribution is 5.98. The Labute approximate surface area is 104 Å². The first-order valence-corrected chi connectivity index (χ1v) is 5.96. The van der Waals surface area contributed by atoms with E-state index in [0.29, 0.717) is 5.69 Å². The average Bonchev–Trinajstić information content (AvgIpc) is 2.12. The summed E-state index contributed by atoms with van der Waals surface area (Å²) >= 11 is 0. The number of hydrogen-bond donors (Lipinski definition) is 0. The number of Topliss-reactive ketones (excluding diaryl/α,β-unsaturated/α-hetero) is 1. The molecule has 0 fully saturated rings. The Kier molecular flexibility index (Phi) is 3.70. The quantitative estimate of drug-likeness (QED) is 0.737. The van der Waals surface area contributed by atoms with Crippen LogP contribution in [-0.2, 0) is 6.42 Å². The topological polar surface area (TPSA) is 42.9 Å². The van der Waals surface area contributed by atoms with Gasteiger partial charge in [-0.2, -0.15) is 0 Å². The molecule has 0 spiro atoms. The van der Waals surface area contributed by atoms with Crippen LogP contribution in [-0.4, -0.2) is 15.8 Å². The fourth-order valence-corrected chi connectivity index (χ4v) is 1.47. The lowest BCUT2D eigenvalue weighted by atomic mass is 9.88. The van der Waals surface area contributed by atoms with E-state index in [9.17, 15) is 4.79 Å². The monoisotopic (exact) mass is 234 g/mol. The first kappa shape index (κ1) is 13.8. The molecule has 0 saturated heterocycles. The molecule has 1 heterocycles. The molecule has 0 N–H and O–H groups in total. The molecule has 0 radical (unpaired) electrons.